The lowest BCUT2D eigenvalue weighted by Crippen LogP contribution is -2.29. The number of nitrogens with zero attached hydrogens (tertiary/aromatic N) is 3. The molecule has 0 aromatic carbocycles. The van der Waals surface area contributed by atoms with E-state index in [0.29, 0.717) is 39.3 Å². The summed E-state index contributed by atoms with van der Waals surface area (Å²) in [4.78, 5) is 32.8. The first kappa shape index (κ1) is 21.5. The number of thiocarbonyl (C=S) groups is 1. The quantitative estimate of drug-likeness (QED) is 0.384. The van der Waals surface area contributed by atoms with Crippen molar-refractivity contribution >= 4 is 51.7 Å². The number of carbonyl (C=O) groups is 1. The Hall–Kier alpha value is -2.19. The van der Waals surface area contributed by atoms with Gasteiger partial charge in [-0.05, 0) is 38.0 Å². The van der Waals surface area contributed by atoms with Crippen LogP contribution in [0.25, 0.3) is 11.7 Å². The molecule has 0 bridgehead atoms. The van der Waals surface area contributed by atoms with Gasteiger partial charge in [0.15, 0.2) is 0 Å². The average molecular weight is 431 g/mol. The molecule has 3 rings (SSSR count). The zero-order valence-electron chi connectivity index (χ0n) is 17.0. The Labute approximate surface area is 180 Å². The smallest absolute Gasteiger partial charge is 0.267 e. The fourth-order valence-electron chi connectivity index (χ4n) is 3.26. The number of fused-ring (bicyclic) bond motifs is 1. The van der Waals surface area contributed by atoms with Crippen LogP contribution >= 0.6 is 24.0 Å². The summed E-state index contributed by atoms with van der Waals surface area (Å²) >= 11 is 6.66. The van der Waals surface area contributed by atoms with Crippen LogP contribution in [-0.4, -0.2) is 37.6 Å². The molecule has 8 heteroatoms. The van der Waals surface area contributed by atoms with Crippen molar-refractivity contribution in [2.75, 3.05) is 18.4 Å². The van der Waals surface area contributed by atoms with E-state index in [4.69, 9.17) is 12.2 Å². The summed E-state index contributed by atoms with van der Waals surface area (Å²) in [5.74, 6) is 0.354. The number of pyridine rings is 1. The Bertz CT molecular complexity index is 1030. The number of anilines is 1. The molecule has 1 N–H and O–H groups in total. The molecule has 3 heterocycles. The molecule has 1 aliphatic heterocycles. The average Bonchev–Trinajstić information content (AvgIpc) is 2.96. The first-order chi connectivity index (χ1) is 14.0. The zero-order chi connectivity index (χ0) is 21.0. The van der Waals surface area contributed by atoms with Gasteiger partial charge in [-0.25, -0.2) is 4.98 Å². The summed E-state index contributed by atoms with van der Waals surface area (Å²) in [7, 11) is 0. The van der Waals surface area contributed by atoms with E-state index in [1.807, 2.05) is 26.0 Å². The Balaban J connectivity index is 1.98. The number of thioether (sulfide) groups is 1. The largest absolute Gasteiger partial charge is 0.370 e. The highest BCUT2D eigenvalue weighted by atomic mass is 32.2. The first-order valence-electron chi connectivity index (χ1n) is 9.99. The molecule has 2 aromatic heterocycles. The van der Waals surface area contributed by atoms with Crippen LogP contribution in [0, 0.1) is 6.92 Å². The van der Waals surface area contributed by atoms with Crippen molar-refractivity contribution in [1.29, 1.82) is 0 Å². The molecule has 1 saturated heterocycles. The minimum Gasteiger partial charge on any atom is -0.370 e. The molecule has 0 aliphatic carbocycles. The molecule has 0 radical (unpaired) electrons. The van der Waals surface area contributed by atoms with Crippen LogP contribution in [-0.2, 0) is 4.79 Å². The first-order valence-corrected chi connectivity index (χ1v) is 11.2. The van der Waals surface area contributed by atoms with Gasteiger partial charge in [-0.15, -0.1) is 0 Å². The van der Waals surface area contributed by atoms with Gasteiger partial charge in [0.2, 0.25) is 0 Å². The molecule has 0 unspecified atom stereocenters. The predicted molar refractivity (Wildman–Crippen MR) is 124 cm³/mol. The Morgan fingerprint density at radius 1 is 1.24 bits per heavy atom. The zero-order valence-corrected chi connectivity index (χ0v) is 18.7. The summed E-state index contributed by atoms with van der Waals surface area (Å²) in [6.07, 6.45) is 7.62. The van der Waals surface area contributed by atoms with Gasteiger partial charge in [-0.1, -0.05) is 56.2 Å². The number of aryl methyl sites for hydroxylation is 1. The lowest BCUT2D eigenvalue weighted by Gasteiger charge is -2.14. The van der Waals surface area contributed by atoms with Crippen LogP contribution in [0.2, 0.25) is 0 Å². The second kappa shape index (κ2) is 9.54. The maximum Gasteiger partial charge on any atom is 0.267 e. The number of aromatic nitrogens is 2. The summed E-state index contributed by atoms with van der Waals surface area (Å²) < 4.78 is 2.07. The third-order valence-electron chi connectivity index (χ3n) is 4.81. The standard InChI is InChI=1S/C21H26N4O2S2/c1-4-6-7-8-11-25-20(27)16(29-21(25)28)13-15-17(22-5-2)23-18-14(3)10-9-12-24(18)19(15)26/h9-10,12-13,22H,4-8,11H2,1-3H3/b16-13+. The second-order valence-electron chi connectivity index (χ2n) is 6.99. The van der Waals surface area contributed by atoms with Gasteiger partial charge in [0.05, 0.1) is 10.5 Å². The Morgan fingerprint density at radius 3 is 2.76 bits per heavy atom. The van der Waals surface area contributed by atoms with E-state index >= 15 is 0 Å². The Kier molecular flexibility index (Phi) is 7.08. The van der Waals surface area contributed by atoms with E-state index in [0.717, 1.165) is 31.2 Å². The fraction of sp³-hybridized carbons (Fsp3) is 0.429. The number of carbonyl (C=O) groups excluding carboxylic acids is 1. The van der Waals surface area contributed by atoms with Crippen molar-refractivity contribution in [1.82, 2.24) is 14.3 Å². The number of unbranched alkanes of at least 4 members (excludes halogenated alkanes) is 3. The maximum atomic E-state index is 13.1. The molecule has 0 spiro atoms. The Morgan fingerprint density at radius 2 is 2.03 bits per heavy atom. The van der Waals surface area contributed by atoms with E-state index in [-0.39, 0.29) is 11.5 Å². The molecule has 29 heavy (non-hydrogen) atoms. The van der Waals surface area contributed by atoms with Gasteiger partial charge >= 0.3 is 0 Å². The van der Waals surface area contributed by atoms with Gasteiger partial charge in [-0.2, -0.15) is 0 Å². The molecule has 0 atom stereocenters. The number of amides is 1. The monoisotopic (exact) mass is 430 g/mol. The highest BCUT2D eigenvalue weighted by Crippen LogP contribution is 2.33. The molecule has 1 amide bonds. The third-order valence-corrected chi connectivity index (χ3v) is 6.19. The molecule has 6 nitrogen and oxygen atoms in total. The van der Waals surface area contributed by atoms with Crippen molar-refractivity contribution in [3.8, 4) is 0 Å². The number of nitrogens with one attached hydrogen (secondary N) is 1. The van der Waals surface area contributed by atoms with E-state index in [1.165, 1.54) is 16.2 Å². The minimum absolute atomic E-state index is 0.132. The number of hydrogen-bond donors (Lipinski definition) is 1. The molecule has 154 valence electrons. The van der Waals surface area contributed by atoms with Gasteiger partial charge in [0.25, 0.3) is 11.5 Å². The summed E-state index contributed by atoms with van der Waals surface area (Å²) in [5, 5.41) is 3.16. The third kappa shape index (κ3) is 4.53. The normalized spacial score (nSPS) is 15.7. The van der Waals surface area contributed by atoms with E-state index in [1.54, 1.807) is 17.2 Å². The summed E-state index contributed by atoms with van der Waals surface area (Å²) in [6.45, 7) is 7.26. The lowest BCUT2D eigenvalue weighted by molar-refractivity contribution is -0.122. The highest BCUT2D eigenvalue weighted by Gasteiger charge is 2.32. The van der Waals surface area contributed by atoms with E-state index < -0.39 is 0 Å². The fourth-order valence-corrected chi connectivity index (χ4v) is 4.55. The molecule has 1 aliphatic rings. The van der Waals surface area contributed by atoms with Gasteiger partial charge in [-0.3, -0.25) is 18.9 Å². The van der Waals surface area contributed by atoms with Crippen LogP contribution in [0.5, 0.6) is 0 Å². The van der Waals surface area contributed by atoms with Crippen LogP contribution in [0.4, 0.5) is 5.82 Å². The topological polar surface area (TPSA) is 66.7 Å². The van der Waals surface area contributed by atoms with Crippen molar-refractivity contribution in [2.45, 2.75) is 46.5 Å². The van der Waals surface area contributed by atoms with Crippen LogP contribution in [0.3, 0.4) is 0 Å². The molecule has 2 aromatic rings. The number of hydrogen-bond acceptors (Lipinski definition) is 6. The van der Waals surface area contributed by atoms with Crippen LogP contribution < -0.4 is 10.9 Å². The summed E-state index contributed by atoms with van der Waals surface area (Å²) in [6, 6.07) is 3.73. The van der Waals surface area contributed by atoms with Crippen LogP contribution in [0.15, 0.2) is 28.0 Å². The van der Waals surface area contributed by atoms with Gasteiger partial charge in [0, 0.05) is 19.3 Å². The SMILES string of the molecule is CCCCCCN1C(=O)/C(=C\c2c(NCC)nc3c(C)cccn3c2=O)SC1=S. The number of rotatable bonds is 8. The van der Waals surface area contributed by atoms with Gasteiger partial charge < -0.3 is 5.32 Å². The molecular weight excluding hydrogens is 404 g/mol. The molecular formula is C21H26N4O2S2. The van der Waals surface area contributed by atoms with Crippen molar-refractivity contribution in [2.24, 2.45) is 0 Å². The minimum atomic E-state index is -0.206. The maximum absolute atomic E-state index is 13.1. The molecule has 1 fully saturated rings. The summed E-state index contributed by atoms with van der Waals surface area (Å²) in [5.41, 5.74) is 1.69. The van der Waals surface area contributed by atoms with Crippen LogP contribution in [0.1, 0.15) is 50.7 Å². The van der Waals surface area contributed by atoms with Crippen molar-refractivity contribution in [3.63, 3.8) is 0 Å². The second-order valence-corrected chi connectivity index (χ2v) is 8.66. The van der Waals surface area contributed by atoms with E-state index in [9.17, 15) is 9.59 Å². The molecule has 0 saturated carbocycles. The lowest BCUT2D eigenvalue weighted by atomic mass is 10.2. The van der Waals surface area contributed by atoms with Crippen molar-refractivity contribution < 1.29 is 4.79 Å². The van der Waals surface area contributed by atoms with E-state index in [2.05, 4.69) is 17.2 Å². The van der Waals surface area contributed by atoms with Crippen molar-refractivity contribution in [3.05, 3.63) is 44.7 Å². The van der Waals surface area contributed by atoms with Gasteiger partial charge in [0.1, 0.15) is 15.8 Å². The highest BCUT2D eigenvalue weighted by molar-refractivity contribution is 8.26. The predicted octanol–water partition coefficient (Wildman–Crippen LogP) is 4.22.